The predicted molar refractivity (Wildman–Crippen MR) is 106 cm³/mol. The van der Waals surface area contributed by atoms with Crippen molar-refractivity contribution >= 4 is 20.2 Å². The second kappa shape index (κ2) is 7.52. The fourth-order valence-corrected chi connectivity index (χ4v) is 5.18. The van der Waals surface area contributed by atoms with E-state index in [0.717, 1.165) is 0 Å². The normalized spacial score (nSPS) is 26.6. The van der Waals surface area contributed by atoms with Crippen LogP contribution in [0.3, 0.4) is 0 Å². The minimum Gasteiger partial charge on any atom is -0.457 e. The average Bonchev–Trinajstić information content (AvgIpc) is 2.79. The number of aliphatic hydroxyl groups excluding tert-OH is 1. The molecule has 1 fully saturated rings. The largest absolute Gasteiger partial charge is 0.457 e. The zero-order chi connectivity index (χ0) is 20.7. The van der Waals surface area contributed by atoms with Crippen molar-refractivity contribution in [2.45, 2.75) is 64.9 Å². The lowest BCUT2D eigenvalue weighted by atomic mass is 9.78. The Morgan fingerprint density at radius 3 is 2.48 bits per heavy atom. The third kappa shape index (κ3) is 3.64. The van der Waals surface area contributed by atoms with Crippen LogP contribution in [0.4, 0.5) is 0 Å². The number of carbonyl (C=O) groups excluding carboxylic acids is 2. The van der Waals surface area contributed by atoms with Gasteiger partial charge in [-0.15, -0.1) is 0 Å². The number of hydrogen-bond donors (Lipinski definition) is 1. The van der Waals surface area contributed by atoms with Crippen molar-refractivity contribution in [2.75, 3.05) is 13.2 Å². The van der Waals surface area contributed by atoms with Gasteiger partial charge < -0.3 is 19.2 Å². The first-order chi connectivity index (χ1) is 12.4. The van der Waals surface area contributed by atoms with Gasteiger partial charge in [-0.2, -0.15) is 0 Å². The number of ether oxygens (including phenoxy) is 1. The van der Waals surface area contributed by atoms with E-state index in [0.29, 0.717) is 5.57 Å². The van der Waals surface area contributed by atoms with Crippen LogP contribution in [-0.2, 0) is 18.8 Å². The number of nitrogens with zero attached hydrogens (tertiary/aromatic N) is 1. The highest BCUT2D eigenvalue weighted by atomic mass is 28.4. The Kier molecular flexibility index (Phi) is 6.09. The molecule has 1 saturated heterocycles. The van der Waals surface area contributed by atoms with E-state index in [4.69, 9.17) is 9.16 Å². The summed E-state index contributed by atoms with van der Waals surface area (Å²) in [5.74, 6) is -1.15. The van der Waals surface area contributed by atoms with E-state index in [9.17, 15) is 14.7 Å². The molecular formula is C20H33NO5Si. The fraction of sp³-hybridized carbons (Fsp3) is 0.700. The van der Waals surface area contributed by atoms with Crippen LogP contribution in [0.15, 0.2) is 23.9 Å². The maximum absolute atomic E-state index is 12.9. The van der Waals surface area contributed by atoms with E-state index < -0.39 is 14.3 Å². The number of esters is 1. The maximum Gasteiger partial charge on any atom is 0.355 e. The standard InChI is InChI=1S/C20H33NO5Si/c1-9-10-25-19(24)17-14(11-22)12(2)16-15(18(23)21(16)17)13(3)26-27(7,8)20(4,5)6/h9,12-13,15-16,22H,1,10-11H2,2-8H3/t12-,13+,15-,16+/m0/s1. The highest BCUT2D eigenvalue weighted by molar-refractivity contribution is 6.74. The first kappa shape index (κ1) is 21.9. The SMILES string of the molecule is C=CCOC(=O)C1=C(CO)[C@H](C)[C@@H]2[C@H]([C@@H](C)O[Si](C)(C)C(C)(C)C)C(=O)N12. The fourth-order valence-electron chi connectivity index (χ4n) is 3.75. The molecule has 152 valence electrons. The molecular weight excluding hydrogens is 362 g/mol. The van der Waals surface area contributed by atoms with E-state index in [1.54, 1.807) is 0 Å². The van der Waals surface area contributed by atoms with Crippen molar-refractivity contribution in [2.24, 2.45) is 11.8 Å². The van der Waals surface area contributed by atoms with Crippen molar-refractivity contribution < 1.29 is 23.9 Å². The molecule has 0 aromatic carbocycles. The molecule has 0 spiro atoms. The average molecular weight is 396 g/mol. The monoisotopic (exact) mass is 395 g/mol. The molecule has 0 aromatic rings. The van der Waals surface area contributed by atoms with Gasteiger partial charge in [0.15, 0.2) is 8.32 Å². The third-order valence-corrected chi connectivity index (χ3v) is 10.9. The number of β-lactam (4-membered cyclic amide) rings is 1. The summed E-state index contributed by atoms with van der Waals surface area (Å²) in [4.78, 5) is 26.9. The van der Waals surface area contributed by atoms with Gasteiger partial charge in [0.25, 0.3) is 0 Å². The van der Waals surface area contributed by atoms with Crippen LogP contribution >= 0.6 is 0 Å². The molecule has 0 aromatic heterocycles. The summed E-state index contributed by atoms with van der Waals surface area (Å²) in [7, 11) is -2.03. The Bertz CT molecular complexity index is 664. The third-order valence-electron chi connectivity index (χ3n) is 6.28. The van der Waals surface area contributed by atoms with Crippen LogP contribution in [0.5, 0.6) is 0 Å². The Morgan fingerprint density at radius 1 is 1.41 bits per heavy atom. The molecule has 2 aliphatic rings. The lowest BCUT2D eigenvalue weighted by Gasteiger charge is -2.50. The van der Waals surface area contributed by atoms with Crippen LogP contribution in [0.25, 0.3) is 0 Å². The van der Waals surface area contributed by atoms with Gasteiger partial charge in [0.2, 0.25) is 5.91 Å². The molecule has 2 rings (SSSR count). The maximum atomic E-state index is 12.9. The van der Waals surface area contributed by atoms with E-state index in [1.807, 2.05) is 13.8 Å². The lowest BCUT2D eigenvalue weighted by Crippen LogP contribution is -2.65. The smallest absolute Gasteiger partial charge is 0.355 e. The summed E-state index contributed by atoms with van der Waals surface area (Å²) >= 11 is 0. The molecule has 0 bridgehead atoms. The first-order valence-corrected chi connectivity index (χ1v) is 12.4. The molecule has 0 unspecified atom stereocenters. The van der Waals surface area contributed by atoms with Crippen molar-refractivity contribution in [1.82, 2.24) is 4.90 Å². The summed E-state index contributed by atoms with van der Waals surface area (Å²) in [5, 5.41) is 9.85. The molecule has 1 N–H and O–H groups in total. The lowest BCUT2D eigenvalue weighted by molar-refractivity contribution is -0.163. The Labute approximate surface area is 163 Å². The quantitative estimate of drug-likeness (QED) is 0.310. The van der Waals surface area contributed by atoms with Gasteiger partial charge in [0, 0.05) is 5.92 Å². The van der Waals surface area contributed by atoms with Crippen molar-refractivity contribution in [3.63, 3.8) is 0 Å². The summed E-state index contributed by atoms with van der Waals surface area (Å²) in [6.07, 6.45) is 1.23. The van der Waals surface area contributed by atoms with Crippen molar-refractivity contribution in [1.29, 1.82) is 0 Å². The summed E-state index contributed by atoms with van der Waals surface area (Å²) in [6.45, 7) is 18.0. The topological polar surface area (TPSA) is 76.1 Å². The second-order valence-corrected chi connectivity index (χ2v) is 13.8. The number of aliphatic hydroxyl groups is 1. The molecule has 6 nitrogen and oxygen atoms in total. The van der Waals surface area contributed by atoms with Crippen molar-refractivity contribution in [3.05, 3.63) is 23.9 Å². The zero-order valence-corrected chi connectivity index (χ0v) is 18.5. The van der Waals surface area contributed by atoms with Gasteiger partial charge in [-0.05, 0) is 30.6 Å². The Morgan fingerprint density at radius 2 is 2.00 bits per heavy atom. The first-order valence-electron chi connectivity index (χ1n) is 9.51. The number of carbonyl (C=O) groups is 2. The highest BCUT2D eigenvalue weighted by Crippen LogP contribution is 2.49. The Hall–Kier alpha value is -1.44. The molecule has 0 radical (unpaired) electrons. The van der Waals surface area contributed by atoms with E-state index in [-0.39, 0.29) is 53.8 Å². The van der Waals surface area contributed by atoms with Crippen LogP contribution in [0.1, 0.15) is 34.6 Å². The van der Waals surface area contributed by atoms with Gasteiger partial charge in [0.1, 0.15) is 12.3 Å². The van der Waals surface area contributed by atoms with Gasteiger partial charge in [-0.3, -0.25) is 4.79 Å². The molecule has 27 heavy (non-hydrogen) atoms. The summed E-state index contributed by atoms with van der Waals surface area (Å²) in [6, 6.07) is -0.175. The number of rotatable bonds is 7. The molecule has 2 heterocycles. The van der Waals surface area contributed by atoms with E-state index >= 15 is 0 Å². The van der Waals surface area contributed by atoms with Crippen molar-refractivity contribution in [3.8, 4) is 0 Å². The van der Waals surface area contributed by atoms with E-state index in [1.165, 1.54) is 11.0 Å². The van der Waals surface area contributed by atoms with E-state index in [2.05, 4.69) is 40.4 Å². The van der Waals surface area contributed by atoms with Gasteiger partial charge in [-0.25, -0.2) is 4.79 Å². The second-order valence-electron chi connectivity index (χ2n) is 9.02. The number of amides is 1. The van der Waals surface area contributed by atoms with Gasteiger partial charge >= 0.3 is 5.97 Å². The van der Waals surface area contributed by atoms with Crippen LogP contribution in [0, 0.1) is 11.8 Å². The Balaban J connectivity index is 2.23. The molecule has 1 amide bonds. The minimum absolute atomic E-state index is 0.0448. The molecule has 0 aliphatic carbocycles. The molecule has 2 aliphatic heterocycles. The number of hydrogen-bond acceptors (Lipinski definition) is 5. The minimum atomic E-state index is -2.03. The molecule has 0 saturated carbocycles. The number of fused-ring (bicyclic) bond motifs is 1. The van der Waals surface area contributed by atoms with Crippen LogP contribution in [0.2, 0.25) is 18.1 Å². The van der Waals surface area contributed by atoms with Crippen LogP contribution in [-0.4, -0.2) is 55.6 Å². The van der Waals surface area contributed by atoms with Gasteiger partial charge in [0.05, 0.1) is 24.7 Å². The van der Waals surface area contributed by atoms with Gasteiger partial charge in [-0.1, -0.05) is 40.3 Å². The molecule has 4 atom stereocenters. The zero-order valence-electron chi connectivity index (χ0n) is 17.5. The summed E-state index contributed by atoms with van der Waals surface area (Å²) in [5.41, 5.74) is 0.752. The predicted octanol–water partition coefficient (Wildman–Crippen LogP) is 2.85. The highest BCUT2D eigenvalue weighted by Gasteiger charge is 2.61. The van der Waals surface area contributed by atoms with Crippen LogP contribution < -0.4 is 0 Å². The molecule has 7 heteroatoms. The summed E-state index contributed by atoms with van der Waals surface area (Å²) < 4.78 is 11.6.